The van der Waals surface area contributed by atoms with E-state index in [0.29, 0.717) is 22.2 Å². The average Bonchev–Trinajstić information content (AvgIpc) is 2.56. The molecule has 0 saturated carbocycles. The fourth-order valence-electron chi connectivity index (χ4n) is 2.68. The molecule has 1 aliphatic rings. The van der Waals surface area contributed by atoms with Crippen LogP contribution in [0.5, 0.6) is 0 Å². The van der Waals surface area contributed by atoms with Gasteiger partial charge in [0.2, 0.25) is 0 Å². The van der Waals surface area contributed by atoms with Gasteiger partial charge in [-0.1, -0.05) is 29.3 Å². The summed E-state index contributed by atoms with van der Waals surface area (Å²) >= 11 is 12.0. The predicted octanol–water partition coefficient (Wildman–Crippen LogP) is 3.39. The molecule has 120 valence electrons. The summed E-state index contributed by atoms with van der Waals surface area (Å²) in [5, 5.41) is 0.949. The highest BCUT2D eigenvalue weighted by molar-refractivity contribution is 6.36. The van der Waals surface area contributed by atoms with Crippen LogP contribution in [0.4, 0.5) is 5.82 Å². The van der Waals surface area contributed by atoms with E-state index in [2.05, 4.69) is 14.8 Å². The van der Waals surface area contributed by atoms with Crippen molar-refractivity contribution in [2.24, 2.45) is 0 Å². The van der Waals surface area contributed by atoms with Gasteiger partial charge in [-0.05, 0) is 30.3 Å². The van der Waals surface area contributed by atoms with Crippen LogP contribution in [0.1, 0.15) is 10.4 Å². The van der Waals surface area contributed by atoms with Gasteiger partial charge in [-0.25, -0.2) is 4.98 Å². The first-order valence-corrected chi connectivity index (χ1v) is 8.25. The molecule has 3 rings (SSSR count). The molecule has 0 spiro atoms. The highest BCUT2D eigenvalue weighted by Crippen LogP contribution is 2.22. The number of aromatic nitrogens is 1. The van der Waals surface area contributed by atoms with Gasteiger partial charge in [0, 0.05) is 43.0 Å². The number of carbonyl (C=O) groups is 1. The number of ketones is 1. The van der Waals surface area contributed by atoms with Gasteiger partial charge in [-0.15, -0.1) is 0 Å². The third-order valence-electron chi connectivity index (χ3n) is 3.94. The summed E-state index contributed by atoms with van der Waals surface area (Å²) in [6.07, 6.45) is 1.80. The van der Waals surface area contributed by atoms with Gasteiger partial charge in [0.05, 0.1) is 11.6 Å². The maximum absolute atomic E-state index is 12.4. The van der Waals surface area contributed by atoms with Crippen LogP contribution in [0.25, 0.3) is 0 Å². The van der Waals surface area contributed by atoms with Gasteiger partial charge in [0.25, 0.3) is 0 Å². The Morgan fingerprint density at radius 3 is 2.52 bits per heavy atom. The molecule has 1 aromatic carbocycles. The number of nitrogens with zero attached hydrogens (tertiary/aromatic N) is 3. The van der Waals surface area contributed by atoms with E-state index in [4.69, 9.17) is 23.2 Å². The van der Waals surface area contributed by atoms with Crippen LogP contribution in [0.3, 0.4) is 0 Å². The van der Waals surface area contributed by atoms with Crippen LogP contribution in [0.15, 0.2) is 42.6 Å². The molecule has 23 heavy (non-hydrogen) atoms. The largest absolute Gasteiger partial charge is 0.354 e. The number of benzene rings is 1. The number of Topliss-reactive ketones (excluding diaryl/α,β-unsaturated/α-hetero) is 1. The summed E-state index contributed by atoms with van der Waals surface area (Å²) in [6, 6.07) is 10.9. The smallest absolute Gasteiger partial charge is 0.178 e. The van der Waals surface area contributed by atoms with Crippen molar-refractivity contribution in [3.8, 4) is 0 Å². The Bertz CT molecular complexity index is 685. The Morgan fingerprint density at radius 2 is 1.87 bits per heavy atom. The molecule has 2 aromatic rings. The first-order chi connectivity index (χ1) is 11.1. The number of pyridine rings is 1. The van der Waals surface area contributed by atoms with Crippen molar-refractivity contribution < 1.29 is 4.79 Å². The molecule has 0 N–H and O–H groups in total. The number of halogens is 2. The molecule has 1 saturated heterocycles. The molecule has 0 amide bonds. The van der Waals surface area contributed by atoms with Gasteiger partial charge in [-0.3, -0.25) is 9.69 Å². The molecule has 2 heterocycles. The molecule has 0 atom stereocenters. The Hall–Kier alpha value is -1.62. The van der Waals surface area contributed by atoms with E-state index in [0.717, 1.165) is 32.0 Å². The average molecular weight is 350 g/mol. The van der Waals surface area contributed by atoms with E-state index in [9.17, 15) is 4.79 Å². The second-order valence-corrected chi connectivity index (χ2v) is 6.34. The summed E-state index contributed by atoms with van der Waals surface area (Å²) in [6.45, 7) is 3.75. The van der Waals surface area contributed by atoms with Crippen molar-refractivity contribution in [1.82, 2.24) is 9.88 Å². The first kappa shape index (κ1) is 16.2. The van der Waals surface area contributed by atoms with Crippen molar-refractivity contribution in [1.29, 1.82) is 0 Å². The lowest BCUT2D eigenvalue weighted by atomic mass is 10.1. The molecule has 0 aliphatic carbocycles. The van der Waals surface area contributed by atoms with Crippen LogP contribution in [0.2, 0.25) is 10.0 Å². The number of hydrogen-bond donors (Lipinski definition) is 0. The fraction of sp³-hybridized carbons (Fsp3) is 0.294. The maximum Gasteiger partial charge on any atom is 0.178 e. The van der Waals surface area contributed by atoms with Crippen molar-refractivity contribution in [2.45, 2.75) is 0 Å². The second-order valence-electron chi connectivity index (χ2n) is 5.50. The number of carbonyl (C=O) groups excluding carboxylic acids is 1. The zero-order chi connectivity index (χ0) is 16.2. The minimum absolute atomic E-state index is 0.0259. The van der Waals surface area contributed by atoms with E-state index in [1.807, 2.05) is 18.2 Å². The standard InChI is InChI=1S/C17H17Cl2N3O/c18-13-4-5-14(15(19)11-13)16(23)12-21-7-9-22(10-8-21)17-3-1-2-6-20-17/h1-6,11H,7-10,12H2. The molecule has 4 nitrogen and oxygen atoms in total. The van der Waals surface area contributed by atoms with Crippen molar-refractivity contribution in [3.63, 3.8) is 0 Å². The topological polar surface area (TPSA) is 36.4 Å². The highest BCUT2D eigenvalue weighted by Gasteiger charge is 2.21. The zero-order valence-electron chi connectivity index (χ0n) is 12.6. The SMILES string of the molecule is O=C(CN1CCN(c2ccccn2)CC1)c1ccc(Cl)cc1Cl. The Morgan fingerprint density at radius 1 is 1.09 bits per heavy atom. The molecule has 0 bridgehead atoms. The van der Waals surface area contributed by atoms with Crippen LogP contribution >= 0.6 is 23.2 Å². The quantitative estimate of drug-likeness (QED) is 0.792. The number of piperazine rings is 1. The zero-order valence-corrected chi connectivity index (χ0v) is 14.1. The molecular weight excluding hydrogens is 333 g/mol. The van der Waals surface area contributed by atoms with Gasteiger partial charge < -0.3 is 4.90 Å². The monoisotopic (exact) mass is 349 g/mol. The number of hydrogen-bond acceptors (Lipinski definition) is 4. The lowest BCUT2D eigenvalue weighted by molar-refractivity contribution is 0.0926. The number of anilines is 1. The van der Waals surface area contributed by atoms with Crippen molar-refractivity contribution in [3.05, 3.63) is 58.2 Å². The van der Waals surface area contributed by atoms with Crippen molar-refractivity contribution in [2.75, 3.05) is 37.6 Å². The minimum atomic E-state index is 0.0259. The Labute approximate surface area is 145 Å². The van der Waals surface area contributed by atoms with Crippen LogP contribution in [-0.4, -0.2) is 48.4 Å². The Kier molecular flexibility index (Phi) is 5.16. The van der Waals surface area contributed by atoms with Gasteiger partial charge >= 0.3 is 0 Å². The van der Waals surface area contributed by atoms with E-state index >= 15 is 0 Å². The second kappa shape index (κ2) is 7.30. The van der Waals surface area contributed by atoms with E-state index in [1.165, 1.54) is 0 Å². The third kappa shape index (κ3) is 4.02. The summed E-state index contributed by atoms with van der Waals surface area (Å²) < 4.78 is 0. The predicted molar refractivity (Wildman–Crippen MR) is 93.7 cm³/mol. The fourth-order valence-corrected chi connectivity index (χ4v) is 3.19. The minimum Gasteiger partial charge on any atom is -0.354 e. The van der Waals surface area contributed by atoms with Crippen molar-refractivity contribution >= 4 is 34.8 Å². The van der Waals surface area contributed by atoms with E-state index in [-0.39, 0.29) is 5.78 Å². The van der Waals surface area contributed by atoms with Gasteiger partial charge in [0.1, 0.15) is 5.82 Å². The Balaban J connectivity index is 1.57. The van der Waals surface area contributed by atoms with E-state index in [1.54, 1.807) is 24.4 Å². The summed E-state index contributed by atoms with van der Waals surface area (Å²) in [5.41, 5.74) is 0.531. The number of rotatable bonds is 4. The normalized spacial score (nSPS) is 15.7. The van der Waals surface area contributed by atoms with Crippen LogP contribution in [0, 0.1) is 0 Å². The molecule has 1 aromatic heterocycles. The third-order valence-corrected chi connectivity index (χ3v) is 4.49. The maximum atomic E-state index is 12.4. The van der Waals surface area contributed by atoms with E-state index < -0.39 is 0 Å². The lowest BCUT2D eigenvalue weighted by Crippen LogP contribution is -2.48. The molecular formula is C17H17Cl2N3O. The highest BCUT2D eigenvalue weighted by atomic mass is 35.5. The van der Waals surface area contributed by atoms with Crippen LogP contribution < -0.4 is 4.90 Å². The molecule has 0 radical (unpaired) electrons. The lowest BCUT2D eigenvalue weighted by Gasteiger charge is -2.35. The molecule has 1 aliphatic heterocycles. The van der Waals surface area contributed by atoms with Crippen LogP contribution in [-0.2, 0) is 0 Å². The first-order valence-electron chi connectivity index (χ1n) is 7.50. The summed E-state index contributed by atoms with van der Waals surface area (Å²) in [7, 11) is 0. The molecule has 1 fully saturated rings. The van der Waals surface area contributed by atoms with Gasteiger partial charge in [-0.2, -0.15) is 0 Å². The molecule has 0 unspecified atom stereocenters. The summed E-state index contributed by atoms with van der Waals surface area (Å²) in [5.74, 6) is 1.01. The summed E-state index contributed by atoms with van der Waals surface area (Å²) in [4.78, 5) is 21.1. The van der Waals surface area contributed by atoms with Gasteiger partial charge in [0.15, 0.2) is 5.78 Å². The molecule has 6 heteroatoms.